The van der Waals surface area contributed by atoms with Crippen molar-refractivity contribution < 1.29 is 44.7 Å². The van der Waals surface area contributed by atoms with Crippen molar-refractivity contribution in [3.05, 3.63) is 101 Å². The molecule has 1 aliphatic heterocycles. The number of hydrogen-bond acceptors (Lipinski definition) is 3. The highest BCUT2D eigenvalue weighted by Gasteiger charge is 2.73. The third-order valence-electron chi connectivity index (χ3n) is 6.84. The number of amides is 1. The van der Waals surface area contributed by atoms with Crippen LogP contribution in [0.4, 0.5) is 35.1 Å². The smallest absolute Gasteiger partial charge is 0.349 e. The molecule has 1 unspecified atom stereocenters. The van der Waals surface area contributed by atoms with Gasteiger partial charge in [0.15, 0.2) is 0 Å². The number of rotatable bonds is 7. The van der Waals surface area contributed by atoms with E-state index in [1.807, 2.05) is 12.1 Å². The van der Waals surface area contributed by atoms with Gasteiger partial charge in [-0.3, -0.25) is 4.79 Å². The van der Waals surface area contributed by atoms with Crippen LogP contribution < -0.4 is 0 Å². The number of benzene rings is 3. The van der Waals surface area contributed by atoms with Crippen LogP contribution in [0.3, 0.4) is 0 Å². The first-order valence-electron chi connectivity index (χ1n) is 12.0. The van der Waals surface area contributed by atoms with E-state index in [0.29, 0.717) is 42.8 Å². The predicted octanol–water partition coefficient (Wildman–Crippen LogP) is 7.74. The number of hydrogen-bond donors (Lipinski definition) is 0. The van der Waals surface area contributed by atoms with Gasteiger partial charge in [0, 0.05) is 36.0 Å². The zero-order valence-corrected chi connectivity index (χ0v) is 21.8. The summed E-state index contributed by atoms with van der Waals surface area (Å²) in [4.78, 5) is 14.4. The summed E-state index contributed by atoms with van der Waals surface area (Å²) >= 11 is 1.36. The lowest BCUT2D eigenvalue weighted by molar-refractivity contribution is -0.392. The van der Waals surface area contributed by atoms with Gasteiger partial charge < -0.3 is 9.64 Å². The van der Waals surface area contributed by atoms with E-state index < -0.39 is 52.1 Å². The SMILES string of the molecule is CC(=O)N1CCC(Sc2ccccc2)(c2ccc(C(OCc3c(F)cccc3F)(C(F)(F)F)C(F)(F)F)cc2)C1. The van der Waals surface area contributed by atoms with Crippen molar-refractivity contribution >= 4 is 17.7 Å². The number of likely N-dealkylation sites (tertiary alicyclic amines) is 1. The number of nitrogens with zero attached hydrogens (tertiary/aromatic N) is 1. The third kappa shape index (κ3) is 5.56. The molecule has 1 heterocycles. The zero-order chi connectivity index (χ0) is 29.3. The van der Waals surface area contributed by atoms with Gasteiger partial charge >= 0.3 is 12.4 Å². The molecule has 3 nitrogen and oxygen atoms in total. The summed E-state index contributed by atoms with van der Waals surface area (Å²) in [7, 11) is 0. The molecule has 4 rings (SSSR count). The van der Waals surface area contributed by atoms with Crippen molar-refractivity contribution in [3.8, 4) is 0 Å². The van der Waals surface area contributed by atoms with Gasteiger partial charge in [0.05, 0.1) is 11.4 Å². The number of carbonyl (C=O) groups is 1. The summed E-state index contributed by atoms with van der Waals surface area (Å²) in [5.74, 6) is -2.90. The summed E-state index contributed by atoms with van der Waals surface area (Å²) in [6, 6.07) is 14.9. The van der Waals surface area contributed by atoms with Gasteiger partial charge in [0.2, 0.25) is 5.91 Å². The molecule has 1 atom stereocenters. The van der Waals surface area contributed by atoms with Crippen molar-refractivity contribution in [3.63, 3.8) is 0 Å². The van der Waals surface area contributed by atoms with Crippen LogP contribution in [0.15, 0.2) is 77.7 Å². The van der Waals surface area contributed by atoms with Gasteiger partial charge in [-0.1, -0.05) is 48.5 Å². The highest BCUT2D eigenvalue weighted by Crippen LogP contribution is 2.54. The zero-order valence-electron chi connectivity index (χ0n) is 21.0. The fourth-order valence-corrected chi connectivity index (χ4v) is 6.15. The van der Waals surface area contributed by atoms with E-state index in [1.54, 1.807) is 23.1 Å². The van der Waals surface area contributed by atoms with E-state index in [9.17, 15) is 39.9 Å². The number of ether oxygens (including phenoxy) is 1. The topological polar surface area (TPSA) is 29.5 Å². The van der Waals surface area contributed by atoms with Gasteiger partial charge in [-0.2, -0.15) is 26.3 Å². The van der Waals surface area contributed by atoms with Crippen molar-refractivity contribution in [2.45, 2.75) is 47.5 Å². The van der Waals surface area contributed by atoms with Crippen LogP contribution in [0.2, 0.25) is 0 Å². The van der Waals surface area contributed by atoms with E-state index in [1.165, 1.54) is 18.7 Å². The quantitative estimate of drug-likeness (QED) is 0.264. The monoisotopic (exact) mass is 589 g/mol. The molecule has 3 aromatic rings. The maximum atomic E-state index is 14.3. The average Bonchev–Trinajstić information content (AvgIpc) is 3.31. The summed E-state index contributed by atoms with van der Waals surface area (Å²) in [5.41, 5.74) is -6.82. The van der Waals surface area contributed by atoms with E-state index in [4.69, 9.17) is 0 Å². The summed E-state index contributed by atoms with van der Waals surface area (Å²) in [6.45, 7) is 0.293. The first kappa shape index (κ1) is 29.9. The Kier molecular flexibility index (Phi) is 8.24. The third-order valence-corrected chi connectivity index (χ3v) is 8.31. The van der Waals surface area contributed by atoms with Gasteiger partial charge in [-0.15, -0.1) is 11.8 Å². The number of carbonyl (C=O) groups excluding carboxylic acids is 1. The second-order valence-electron chi connectivity index (χ2n) is 9.34. The molecule has 0 aromatic heterocycles. The van der Waals surface area contributed by atoms with Crippen LogP contribution in [0, 0.1) is 11.6 Å². The molecule has 1 amide bonds. The molecule has 1 aliphatic rings. The number of alkyl halides is 6. The van der Waals surface area contributed by atoms with Crippen LogP contribution in [0.1, 0.15) is 30.0 Å². The first-order chi connectivity index (χ1) is 18.7. The van der Waals surface area contributed by atoms with Gasteiger partial charge in [0.1, 0.15) is 11.6 Å². The lowest BCUT2D eigenvalue weighted by Crippen LogP contribution is -2.56. The minimum atomic E-state index is -6.04. The van der Waals surface area contributed by atoms with Gasteiger partial charge in [-0.05, 0) is 36.2 Å². The first-order valence-corrected chi connectivity index (χ1v) is 12.8. The predicted molar refractivity (Wildman–Crippen MR) is 132 cm³/mol. The Labute approximate surface area is 229 Å². The maximum absolute atomic E-state index is 14.3. The Balaban J connectivity index is 1.77. The molecule has 1 saturated heterocycles. The van der Waals surface area contributed by atoms with E-state index in [2.05, 4.69) is 4.74 Å². The fraction of sp³-hybridized carbons (Fsp3) is 0.321. The Hall–Kier alpha value is -3.12. The van der Waals surface area contributed by atoms with Crippen LogP contribution in [-0.2, 0) is 26.5 Å². The molecule has 40 heavy (non-hydrogen) atoms. The summed E-state index contributed by atoms with van der Waals surface area (Å²) in [6.07, 6.45) is -11.7. The van der Waals surface area contributed by atoms with E-state index in [-0.39, 0.29) is 12.5 Å². The molecule has 214 valence electrons. The molecular formula is C28H23F8NO2S. The van der Waals surface area contributed by atoms with Crippen LogP contribution in [0.5, 0.6) is 0 Å². The van der Waals surface area contributed by atoms with Crippen molar-refractivity contribution in [1.29, 1.82) is 0 Å². The maximum Gasteiger partial charge on any atom is 0.430 e. The molecule has 0 aliphatic carbocycles. The average molecular weight is 590 g/mol. The van der Waals surface area contributed by atoms with E-state index >= 15 is 0 Å². The molecule has 0 bridgehead atoms. The van der Waals surface area contributed by atoms with Crippen molar-refractivity contribution in [2.75, 3.05) is 13.1 Å². The fourth-order valence-electron chi connectivity index (χ4n) is 4.74. The van der Waals surface area contributed by atoms with E-state index in [0.717, 1.165) is 23.1 Å². The molecule has 0 radical (unpaired) electrons. The molecule has 1 fully saturated rings. The van der Waals surface area contributed by atoms with Crippen LogP contribution >= 0.6 is 11.8 Å². The minimum absolute atomic E-state index is 0.188. The lowest BCUT2D eigenvalue weighted by atomic mass is 9.88. The molecule has 0 N–H and O–H groups in total. The second kappa shape index (κ2) is 11.0. The Morgan fingerprint density at radius 2 is 1.45 bits per heavy atom. The largest absolute Gasteiger partial charge is 0.430 e. The highest BCUT2D eigenvalue weighted by atomic mass is 32.2. The Morgan fingerprint density at radius 1 is 0.875 bits per heavy atom. The number of thioether (sulfide) groups is 1. The van der Waals surface area contributed by atoms with Crippen molar-refractivity contribution in [1.82, 2.24) is 4.90 Å². The molecular weight excluding hydrogens is 566 g/mol. The van der Waals surface area contributed by atoms with Gasteiger partial charge in [0.25, 0.3) is 5.60 Å². The number of halogens is 8. The summed E-state index contributed by atoms with van der Waals surface area (Å²) < 4.78 is 117. The standard InChI is InChI=1S/C28H23F8NO2S/c1-18(38)37-15-14-25(17-37,40-21-6-3-2-4-7-21)19-10-12-20(13-11-19)26(27(31,32)33,28(34,35)36)39-16-22-23(29)8-5-9-24(22)30/h2-13H,14-17H2,1H3. The second-order valence-corrected chi connectivity index (χ2v) is 10.8. The molecule has 12 heteroatoms. The normalized spacial score (nSPS) is 18.3. The lowest BCUT2D eigenvalue weighted by Gasteiger charge is -2.38. The molecule has 0 saturated carbocycles. The highest BCUT2D eigenvalue weighted by molar-refractivity contribution is 8.00. The minimum Gasteiger partial charge on any atom is -0.349 e. The van der Waals surface area contributed by atoms with Crippen molar-refractivity contribution in [2.24, 2.45) is 0 Å². The van der Waals surface area contributed by atoms with Crippen LogP contribution in [-0.4, -0.2) is 36.2 Å². The van der Waals surface area contributed by atoms with Crippen LogP contribution in [0.25, 0.3) is 0 Å². The summed E-state index contributed by atoms with van der Waals surface area (Å²) in [5, 5.41) is 0. The Morgan fingerprint density at radius 3 is 1.95 bits per heavy atom. The van der Waals surface area contributed by atoms with Gasteiger partial charge in [-0.25, -0.2) is 8.78 Å². The molecule has 3 aromatic carbocycles. The Bertz CT molecular complexity index is 1310. The molecule has 0 spiro atoms.